The molecule has 1 unspecified atom stereocenters. The first-order valence-electron chi connectivity index (χ1n) is 5.15. The summed E-state index contributed by atoms with van der Waals surface area (Å²) in [6.07, 6.45) is 0. The Morgan fingerprint density at radius 1 is 1.18 bits per heavy atom. The molecule has 2 aromatic rings. The van der Waals surface area contributed by atoms with E-state index in [4.69, 9.17) is 11.6 Å². The molecule has 1 aromatic carbocycles. The number of halogens is 3. The molecule has 0 fully saturated rings. The van der Waals surface area contributed by atoms with Crippen LogP contribution in [0.1, 0.15) is 26.3 Å². The molecule has 1 aromatic heterocycles. The number of rotatable bonds is 2. The summed E-state index contributed by atoms with van der Waals surface area (Å²) in [5.41, 5.74) is 1.03. The summed E-state index contributed by atoms with van der Waals surface area (Å²) < 4.78 is 26.8. The van der Waals surface area contributed by atoms with E-state index < -0.39 is 17.0 Å². The molecule has 0 aliphatic carbocycles. The van der Waals surface area contributed by atoms with Gasteiger partial charge in [0, 0.05) is 15.3 Å². The summed E-state index contributed by atoms with van der Waals surface area (Å²) in [7, 11) is 0. The SMILES string of the molecule is Cc1cc(C(Cl)c2cccc(F)c2F)c(C)s1. The zero-order chi connectivity index (χ0) is 12.6. The highest BCUT2D eigenvalue weighted by atomic mass is 35.5. The van der Waals surface area contributed by atoms with E-state index in [1.165, 1.54) is 12.1 Å². The van der Waals surface area contributed by atoms with Gasteiger partial charge in [-0.1, -0.05) is 12.1 Å². The Morgan fingerprint density at radius 2 is 1.88 bits per heavy atom. The van der Waals surface area contributed by atoms with Crippen LogP contribution < -0.4 is 0 Å². The van der Waals surface area contributed by atoms with Gasteiger partial charge < -0.3 is 0 Å². The molecular weight excluding hydrogens is 262 g/mol. The molecule has 2 rings (SSSR count). The molecule has 90 valence electrons. The van der Waals surface area contributed by atoms with E-state index in [-0.39, 0.29) is 5.56 Å². The normalized spacial score (nSPS) is 12.8. The Balaban J connectivity index is 2.47. The molecule has 1 heterocycles. The quantitative estimate of drug-likeness (QED) is 0.677. The second kappa shape index (κ2) is 4.75. The van der Waals surface area contributed by atoms with E-state index >= 15 is 0 Å². The maximum atomic E-state index is 13.6. The molecule has 4 heteroatoms. The summed E-state index contributed by atoms with van der Waals surface area (Å²) in [6, 6.07) is 6.00. The van der Waals surface area contributed by atoms with Gasteiger partial charge >= 0.3 is 0 Å². The molecular formula is C13H11ClF2S. The Labute approximate surface area is 108 Å². The van der Waals surface area contributed by atoms with Gasteiger partial charge in [0.15, 0.2) is 11.6 Å². The topological polar surface area (TPSA) is 0 Å². The van der Waals surface area contributed by atoms with E-state index in [1.54, 1.807) is 11.3 Å². The predicted molar refractivity (Wildman–Crippen MR) is 67.8 cm³/mol. The van der Waals surface area contributed by atoms with Crippen LogP contribution in [-0.4, -0.2) is 0 Å². The first-order chi connectivity index (χ1) is 8.00. The fourth-order valence-corrected chi connectivity index (χ4v) is 3.21. The fraction of sp³-hybridized carbons (Fsp3) is 0.231. The third-order valence-electron chi connectivity index (χ3n) is 2.61. The molecule has 17 heavy (non-hydrogen) atoms. The third kappa shape index (κ3) is 2.35. The van der Waals surface area contributed by atoms with Gasteiger partial charge in [-0.25, -0.2) is 8.78 Å². The van der Waals surface area contributed by atoms with Crippen LogP contribution in [0.5, 0.6) is 0 Å². The molecule has 0 radical (unpaired) electrons. The van der Waals surface area contributed by atoms with Gasteiger partial charge in [0.2, 0.25) is 0 Å². The smallest absolute Gasteiger partial charge is 0.163 e. The van der Waals surface area contributed by atoms with Crippen molar-refractivity contribution in [3.05, 3.63) is 56.8 Å². The van der Waals surface area contributed by atoms with Gasteiger partial charge in [-0.3, -0.25) is 0 Å². The van der Waals surface area contributed by atoms with E-state index in [0.717, 1.165) is 21.4 Å². The van der Waals surface area contributed by atoms with Crippen molar-refractivity contribution < 1.29 is 8.78 Å². The average Bonchev–Trinajstić information content (AvgIpc) is 2.61. The molecule has 1 atom stereocenters. The van der Waals surface area contributed by atoms with Crippen molar-refractivity contribution in [2.24, 2.45) is 0 Å². The monoisotopic (exact) mass is 272 g/mol. The highest BCUT2D eigenvalue weighted by Crippen LogP contribution is 2.36. The number of alkyl halides is 1. The first-order valence-corrected chi connectivity index (χ1v) is 6.41. The van der Waals surface area contributed by atoms with Crippen LogP contribution in [0.3, 0.4) is 0 Å². The predicted octanol–water partition coefficient (Wildman–Crippen LogP) is 4.97. The number of aryl methyl sites for hydroxylation is 2. The van der Waals surface area contributed by atoms with Crippen LogP contribution in [0.4, 0.5) is 8.78 Å². The Kier molecular flexibility index (Phi) is 3.50. The highest BCUT2D eigenvalue weighted by Gasteiger charge is 2.20. The highest BCUT2D eigenvalue weighted by molar-refractivity contribution is 7.12. The van der Waals surface area contributed by atoms with Gasteiger partial charge in [0.1, 0.15) is 0 Å². The van der Waals surface area contributed by atoms with E-state index in [1.807, 2.05) is 19.9 Å². The van der Waals surface area contributed by atoms with Crippen molar-refractivity contribution >= 4 is 22.9 Å². The summed E-state index contributed by atoms with van der Waals surface area (Å²) in [5.74, 6) is -1.73. The summed E-state index contributed by atoms with van der Waals surface area (Å²) >= 11 is 7.83. The average molecular weight is 273 g/mol. The van der Waals surface area contributed by atoms with Gasteiger partial charge in [-0.2, -0.15) is 0 Å². The number of benzene rings is 1. The number of thiophene rings is 1. The molecule has 0 nitrogen and oxygen atoms in total. The minimum absolute atomic E-state index is 0.188. The minimum atomic E-state index is -0.865. The van der Waals surface area contributed by atoms with Crippen LogP contribution in [-0.2, 0) is 0 Å². The lowest BCUT2D eigenvalue weighted by molar-refractivity contribution is 0.500. The van der Waals surface area contributed by atoms with Crippen LogP contribution in [0, 0.1) is 25.5 Å². The largest absolute Gasteiger partial charge is 0.204 e. The molecule has 0 amide bonds. The lowest BCUT2D eigenvalue weighted by Crippen LogP contribution is -1.99. The van der Waals surface area contributed by atoms with E-state index in [9.17, 15) is 8.78 Å². The van der Waals surface area contributed by atoms with Crippen molar-refractivity contribution in [2.45, 2.75) is 19.2 Å². The van der Waals surface area contributed by atoms with Crippen molar-refractivity contribution in [1.29, 1.82) is 0 Å². The van der Waals surface area contributed by atoms with Gasteiger partial charge in [-0.05, 0) is 31.5 Å². The standard InChI is InChI=1S/C13H11ClF2S/c1-7-6-10(8(2)17-7)12(14)9-4-3-5-11(15)13(9)16/h3-6,12H,1-2H3. The van der Waals surface area contributed by atoms with Gasteiger partial charge in [-0.15, -0.1) is 22.9 Å². The molecule has 0 spiro atoms. The molecule has 0 bridgehead atoms. The summed E-state index contributed by atoms with van der Waals surface area (Å²) in [4.78, 5) is 2.14. The maximum absolute atomic E-state index is 13.6. The molecule has 0 saturated carbocycles. The van der Waals surface area contributed by atoms with Crippen molar-refractivity contribution in [2.75, 3.05) is 0 Å². The fourth-order valence-electron chi connectivity index (χ4n) is 1.79. The van der Waals surface area contributed by atoms with Crippen molar-refractivity contribution in [1.82, 2.24) is 0 Å². The van der Waals surface area contributed by atoms with Crippen LogP contribution in [0.2, 0.25) is 0 Å². The van der Waals surface area contributed by atoms with Gasteiger partial charge in [0.05, 0.1) is 5.38 Å². The first kappa shape index (κ1) is 12.5. The number of hydrogen-bond donors (Lipinski definition) is 0. The van der Waals surface area contributed by atoms with Crippen molar-refractivity contribution in [3.63, 3.8) is 0 Å². The Morgan fingerprint density at radius 3 is 2.47 bits per heavy atom. The zero-order valence-corrected chi connectivity index (χ0v) is 11.0. The third-order valence-corrected chi connectivity index (χ3v) is 4.06. The van der Waals surface area contributed by atoms with E-state index in [2.05, 4.69) is 0 Å². The second-order valence-electron chi connectivity index (χ2n) is 3.87. The Bertz CT molecular complexity index is 548. The lowest BCUT2D eigenvalue weighted by Gasteiger charge is -2.11. The van der Waals surface area contributed by atoms with E-state index in [0.29, 0.717) is 0 Å². The molecule has 0 aliphatic heterocycles. The van der Waals surface area contributed by atoms with Crippen LogP contribution >= 0.6 is 22.9 Å². The van der Waals surface area contributed by atoms with Crippen molar-refractivity contribution in [3.8, 4) is 0 Å². The Hall–Kier alpha value is -0.930. The lowest BCUT2D eigenvalue weighted by atomic mass is 10.0. The maximum Gasteiger partial charge on any atom is 0.163 e. The minimum Gasteiger partial charge on any atom is -0.204 e. The van der Waals surface area contributed by atoms with Crippen LogP contribution in [0.15, 0.2) is 24.3 Å². The number of hydrogen-bond acceptors (Lipinski definition) is 1. The summed E-state index contributed by atoms with van der Waals surface area (Å²) in [6.45, 7) is 3.90. The zero-order valence-electron chi connectivity index (χ0n) is 9.43. The molecule has 0 saturated heterocycles. The summed E-state index contributed by atoms with van der Waals surface area (Å²) in [5, 5.41) is -0.643. The second-order valence-corrected chi connectivity index (χ2v) is 5.77. The molecule has 0 N–H and O–H groups in total. The molecule has 0 aliphatic rings. The van der Waals surface area contributed by atoms with Crippen LogP contribution in [0.25, 0.3) is 0 Å². The van der Waals surface area contributed by atoms with Gasteiger partial charge in [0.25, 0.3) is 0 Å².